The summed E-state index contributed by atoms with van der Waals surface area (Å²) in [4.78, 5) is 20.8. The van der Waals surface area contributed by atoms with Gasteiger partial charge in [-0.25, -0.2) is 4.98 Å². The van der Waals surface area contributed by atoms with Crippen LogP contribution in [0.5, 0.6) is 0 Å². The second kappa shape index (κ2) is 8.67. The molecule has 1 amide bonds. The van der Waals surface area contributed by atoms with Gasteiger partial charge in [0.05, 0.1) is 18.1 Å². The monoisotopic (exact) mass is 376 g/mol. The number of hydrogen-bond acceptors (Lipinski definition) is 6. The number of aliphatic imine (C=N–C) groups is 1. The number of nitrogens with zero attached hydrogens (tertiary/aromatic N) is 7. The maximum atomic E-state index is 12.3. The number of rotatable bonds is 7. The Labute approximate surface area is 162 Å². The Balaban J connectivity index is 1.61. The Morgan fingerprint density at radius 3 is 2.82 bits per heavy atom. The lowest BCUT2D eigenvalue weighted by Crippen LogP contribution is -2.19. The molecule has 3 aromatic rings. The van der Waals surface area contributed by atoms with E-state index in [1.165, 1.54) is 4.68 Å². The minimum Gasteiger partial charge on any atom is -0.309 e. The third-order valence-corrected chi connectivity index (χ3v) is 3.76. The van der Waals surface area contributed by atoms with E-state index in [4.69, 9.17) is 0 Å². The molecule has 0 fully saturated rings. The summed E-state index contributed by atoms with van der Waals surface area (Å²) in [5, 5.41) is 14.9. The summed E-state index contributed by atoms with van der Waals surface area (Å²) >= 11 is 0. The van der Waals surface area contributed by atoms with Crippen LogP contribution in [-0.2, 0) is 18.4 Å². The minimum atomic E-state index is -0.231. The molecule has 142 valence electrons. The number of aromatic nitrogens is 6. The van der Waals surface area contributed by atoms with E-state index in [1.54, 1.807) is 54.9 Å². The van der Waals surface area contributed by atoms with Gasteiger partial charge in [-0.1, -0.05) is 23.9 Å². The normalized spacial score (nSPS) is 11.7. The summed E-state index contributed by atoms with van der Waals surface area (Å²) in [5.74, 6) is 0.225. The number of carbonyl (C=O) groups is 1. The van der Waals surface area contributed by atoms with E-state index in [0.29, 0.717) is 11.5 Å². The maximum absolute atomic E-state index is 12.3. The van der Waals surface area contributed by atoms with Crippen LogP contribution in [0.15, 0.2) is 60.6 Å². The molecule has 0 spiro atoms. The van der Waals surface area contributed by atoms with Gasteiger partial charge in [0.15, 0.2) is 0 Å². The summed E-state index contributed by atoms with van der Waals surface area (Å²) in [5.41, 5.74) is 3.12. The molecule has 0 bridgehead atoms. The molecule has 3 rings (SSSR count). The Kier molecular flexibility index (Phi) is 5.85. The van der Waals surface area contributed by atoms with Crippen LogP contribution in [0.3, 0.4) is 0 Å². The number of hydrogen-bond donors (Lipinski definition) is 1. The molecular weight excluding hydrogens is 356 g/mol. The molecule has 9 heteroatoms. The smallest absolute Gasteiger partial charge is 0.247 e. The summed E-state index contributed by atoms with van der Waals surface area (Å²) in [7, 11) is 1.79. The number of aryl methyl sites for hydroxylation is 1. The molecular formula is C19H20N8O. The van der Waals surface area contributed by atoms with Crippen molar-refractivity contribution < 1.29 is 4.79 Å². The van der Waals surface area contributed by atoms with Crippen LogP contribution >= 0.6 is 0 Å². The highest BCUT2D eigenvalue weighted by molar-refractivity contribution is 5.89. The van der Waals surface area contributed by atoms with Crippen LogP contribution in [0.1, 0.15) is 12.5 Å². The Morgan fingerprint density at radius 2 is 2.18 bits per heavy atom. The van der Waals surface area contributed by atoms with Crippen molar-refractivity contribution in [2.24, 2.45) is 12.0 Å². The highest BCUT2D eigenvalue weighted by atomic mass is 16.2. The number of allylic oxidation sites excluding steroid dienone is 2. The first kappa shape index (κ1) is 18.9. The van der Waals surface area contributed by atoms with E-state index in [0.717, 1.165) is 16.8 Å². The third kappa shape index (κ3) is 4.64. The summed E-state index contributed by atoms with van der Waals surface area (Å²) < 4.78 is 3.15. The average molecular weight is 376 g/mol. The molecule has 0 radical (unpaired) electrons. The summed E-state index contributed by atoms with van der Waals surface area (Å²) in [6.45, 7) is 5.56. The van der Waals surface area contributed by atoms with E-state index >= 15 is 0 Å². The molecule has 0 aliphatic carbocycles. The first-order valence-corrected chi connectivity index (χ1v) is 8.56. The van der Waals surface area contributed by atoms with Crippen molar-refractivity contribution in [3.05, 3.63) is 61.2 Å². The fourth-order valence-corrected chi connectivity index (χ4v) is 2.46. The zero-order chi connectivity index (χ0) is 19.9. The second-order valence-electron chi connectivity index (χ2n) is 5.87. The zero-order valence-electron chi connectivity index (χ0n) is 15.6. The topological polar surface area (TPSA) is 103 Å². The zero-order valence-corrected chi connectivity index (χ0v) is 15.6. The van der Waals surface area contributed by atoms with Gasteiger partial charge in [-0.15, -0.1) is 5.10 Å². The second-order valence-corrected chi connectivity index (χ2v) is 5.87. The number of pyridine rings is 1. The van der Waals surface area contributed by atoms with E-state index in [9.17, 15) is 4.79 Å². The van der Waals surface area contributed by atoms with Crippen molar-refractivity contribution >= 4 is 23.6 Å². The van der Waals surface area contributed by atoms with Crippen LogP contribution in [-0.4, -0.2) is 41.9 Å². The quantitative estimate of drug-likeness (QED) is 0.638. The molecule has 0 aliphatic heterocycles. The van der Waals surface area contributed by atoms with E-state index in [-0.39, 0.29) is 12.5 Å². The lowest BCUT2D eigenvalue weighted by atomic mass is 10.2. The molecule has 0 atom stereocenters. The highest BCUT2D eigenvalue weighted by Gasteiger charge is 2.09. The predicted octanol–water partition coefficient (Wildman–Crippen LogP) is 2.33. The van der Waals surface area contributed by atoms with Crippen LogP contribution < -0.4 is 5.32 Å². The molecule has 0 aliphatic rings. The Morgan fingerprint density at radius 1 is 1.32 bits per heavy atom. The molecule has 1 N–H and O–H groups in total. The number of anilines is 1. The van der Waals surface area contributed by atoms with Gasteiger partial charge in [-0.05, 0) is 19.1 Å². The van der Waals surface area contributed by atoms with Crippen LogP contribution in [0.4, 0.5) is 5.82 Å². The minimum absolute atomic E-state index is 0.0629. The predicted molar refractivity (Wildman–Crippen MR) is 107 cm³/mol. The van der Waals surface area contributed by atoms with Gasteiger partial charge < -0.3 is 5.32 Å². The lowest BCUT2D eigenvalue weighted by molar-refractivity contribution is -0.116. The van der Waals surface area contributed by atoms with Crippen LogP contribution in [0.25, 0.3) is 17.0 Å². The van der Waals surface area contributed by atoms with Crippen molar-refractivity contribution in [2.75, 3.05) is 5.32 Å². The van der Waals surface area contributed by atoms with Gasteiger partial charge in [0, 0.05) is 36.8 Å². The molecule has 0 saturated heterocycles. The van der Waals surface area contributed by atoms with Crippen LogP contribution in [0.2, 0.25) is 0 Å². The van der Waals surface area contributed by atoms with Gasteiger partial charge in [-0.2, -0.15) is 5.10 Å². The molecule has 0 saturated carbocycles. The van der Waals surface area contributed by atoms with E-state index in [2.05, 4.69) is 37.3 Å². The SMILES string of the molecule is C=CC=N/C(=C\C)c1ccc(NC(=O)Cn2cc(-c3cn(C)nn3)cn2)nc1. The molecule has 0 unspecified atom stereocenters. The van der Waals surface area contributed by atoms with Crippen molar-refractivity contribution in [1.29, 1.82) is 0 Å². The Bertz CT molecular complexity index is 1030. The van der Waals surface area contributed by atoms with Gasteiger partial charge in [0.2, 0.25) is 5.91 Å². The first-order valence-electron chi connectivity index (χ1n) is 8.56. The number of amides is 1. The molecule has 3 aromatic heterocycles. The molecule has 3 heterocycles. The van der Waals surface area contributed by atoms with Crippen molar-refractivity contribution in [1.82, 2.24) is 29.8 Å². The fraction of sp³-hybridized carbons (Fsp3) is 0.158. The summed E-state index contributed by atoms with van der Waals surface area (Å²) in [6, 6.07) is 3.58. The fourth-order valence-electron chi connectivity index (χ4n) is 2.46. The van der Waals surface area contributed by atoms with Crippen molar-refractivity contribution in [2.45, 2.75) is 13.5 Å². The molecule has 9 nitrogen and oxygen atoms in total. The van der Waals surface area contributed by atoms with E-state index in [1.807, 2.05) is 19.1 Å². The molecule has 0 aromatic carbocycles. The molecule has 28 heavy (non-hydrogen) atoms. The van der Waals surface area contributed by atoms with Crippen molar-refractivity contribution in [3.63, 3.8) is 0 Å². The number of nitrogens with one attached hydrogen (secondary N) is 1. The number of carbonyl (C=O) groups excluding carboxylic acids is 1. The third-order valence-electron chi connectivity index (χ3n) is 3.76. The lowest BCUT2D eigenvalue weighted by Gasteiger charge is -2.06. The van der Waals surface area contributed by atoms with Gasteiger partial charge in [-0.3, -0.25) is 19.2 Å². The van der Waals surface area contributed by atoms with Gasteiger partial charge >= 0.3 is 0 Å². The first-order chi connectivity index (χ1) is 13.6. The van der Waals surface area contributed by atoms with E-state index < -0.39 is 0 Å². The standard InChI is InChI=1S/C19H20N8O/c1-4-8-20-16(5-2)14-6-7-18(21-9-14)23-19(28)13-27-11-15(10-22-27)17-12-26(3)25-24-17/h4-12H,1,13H2,2-3H3,(H,21,23,28)/b16-5-,20-8?. The average Bonchev–Trinajstić information content (AvgIpc) is 3.32. The van der Waals surface area contributed by atoms with Crippen LogP contribution in [0, 0.1) is 0 Å². The largest absolute Gasteiger partial charge is 0.309 e. The van der Waals surface area contributed by atoms with Gasteiger partial charge in [0.25, 0.3) is 0 Å². The summed E-state index contributed by atoms with van der Waals surface area (Å²) in [6.07, 6.45) is 11.9. The van der Waals surface area contributed by atoms with Crippen molar-refractivity contribution in [3.8, 4) is 11.3 Å². The van der Waals surface area contributed by atoms with Gasteiger partial charge in [0.1, 0.15) is 18.1 Å². The Hall–Kier alpha value is -3.88. The highest BCUT2D eigenvalue weighted by Crippen LogP contribution is 2.17. The maximum Gasteiger partial charge on any atom is 0.247 e.